The molecule has 0 amide bonds. The number of hydrogen-bond donors (Lipinski definition) is 0. The molecule has 2 rings (SSSR count). The van der Waals surface area contributed by atoms with Gasteiger partial charge in [-0.25, -0.2) is 0 Å². The van der Waals surface area contributed by atoms with Crippen LogP contribution in [-0.2, 0) is 9.31 Å². The van der Waals surface area contributed by atoms with Crippen LogP contribution in [0.25, 0.3) is 0 Å². The first kappa shape index (κ1) is 12.4. The van der Waals surface area contributed by atoms with Gasteiger partial charge < -0.3 is 9.31 Å². The highest BCUT2D eigenvalue weighted by molar-refractivity contribution is 6.45. The third-order valence-electron chi connectivity index (χ3n) is 5.24. The molecular formula is C13H25BO2. The van der Waals surface area contributed by atoms with E-state index in [0.717, 1.165) is 12.7 Å². The minimum atomic E-state index is -0.0605. The van der Waals surface area contributed by atoms with Gasteiger partial charge in [0.25, 0.3) is 0 Å². The second-order valence-electron chi connectivity index (χ2n) is 6.54. The number of fused-ring (bicyclic) bond motifs is 1. The van der Waals surface area contributed by atoms with Gasteiger partial charge in [-0.15, -0.1) is 0 Å². The van der Waals surface area contributed by atoms with E-state index in [-0.39, 0.29) is 18.8 Å². The van der Waals surface area contributed by atoms with Crippen LogP contribution in [0.15, 0.2) is 0 Å². The summed E-state index contributed by atoms with van der Waals surface area (Å²) < 4.78 is 12.2. The van der Waals surface area contributed by atoms with E-state index in [0.29, 0.717) is 17.3 Å². The predicted molar refractivity (Wildman–Crippen MR) is 67.3 cm³/mol. The van der Waals surface area contributed by atoms with Gasteiger partial charge in [-0.3, -0.25) is 0 Å². The van der Waals surface area contributed by atoms with Gasteiger partial charge in [-0.1, -0.05) is 34.6 Å². The van der Waals surface area contributed by atoms with Crippen LogP contribution in [0.4, 0.5) is 0 Å². The van der Waals surface area contributed by atoms with Crippen LogP contribution in [0.1, 0.15) is 48.0 Å². The van der Waals surface area contributed by atoms with Crippen LogP contribution in [0, 0.1) is 17.3 Å². The van der Waals surface area contributed by atoms with Crippen LogP contribution in [-0.4, -0.2) is 18.8 Å². The average molecular weight is 224 g/mol. The number of rotatable bonds is 1. The zero-order chi connectivity index (χ0) is 12.1. The fourth-order valence-corrected chi connectivity index (χ4v) is 3.40. The fourth-order valence-electron chi connectivity index (χ4n) is 3.40. The van der Waals surface area contributed by atoms with Crippen LogP contribution in [0.2, 0.25) is 6.32 Å². The van der Waals surface area contributed by atoms with Crippen molar-refractivity contribution in [2.24, 2.45) is 17.3 Å². The van der Waals surface area contributed by atoms with Crippen molar-refractivity contribution in [1.29, 1.82) is 0 Å². The van der Waals surface area contributed by atoms with Crippen molar-refractivity contribution in [1.82, 2.24) is 0 Å². The van der Waals surface area contributed by atoms with Crippen molar-refractivity contribution in [3.05, 3.63) is 0 Å². The van der Waals surface area contributed by atoms with Gasteiger partial charge in [0.05, 0.1) is 11.7 Å². The zero-order valence-electron chi connectivity index (χ0n) is 11.5. The van der Waals surface area contributed by atoms with E-state index in [2.05, 4.69) is 41.5 Å². The molecule has 16 heavy (non-hydrogen) atoms. The Morgan fingerprint density at radius 1 is 1.25 bits per heavy atom. The zero-order valence-corrected chi connectivity index (χ0v) is 11.5. The molecule has 92 valence electrons. The van der Waals surface area contributed by atoms with E-state index in [9.17, 15) is 0 Å². The van der Waals surface area contributed by atoms with E-state index in [1.54, 1.807) is 0 Å². The molecule has 0 radical (unpaired) electrons. The Morgan fingerprint density at radius 3 is 2.44 bits per heavy atom. The highest BCUT2D eigenvalue weighted by Gasteiger charge is 2.58. The summed E-state index contributed by atoms with van der Waals surface area (Å²) in [7, 11) is 0.0125. The summed E-state index contributed by atoms with van der Waals surface area (Å²) in [6.07, 6.45) is 2.34. The number of hydrogen-bond acceptors (Lipinski definition) is 2. The van der Waals surface area contributed by atoms with Gasteiger partial charge in [0.2, 0.25) is 0 Å². The van der Waals surface area contributed by atoms with Crippen molar-refractivity contribution in [3.8, 4) is 0 Å². The van der Waals surface area contributed by atoms with E-state index in [4.69, 9.17) is 9.31 Å². The third kappa shape index (κ3) is 1.63. The summed E-state index contributed by atoms with van der Waals surface area (Å²) in [5.74, 6) is 1.24. The molecule has 1 saturated carbocycles. The lowest BCUT2D eigenvalue weighted by molar-refractivity contribution is -0.0966. The maximum Gasteiger partial charge on any atom is 0.457 e. The minimum Gasteiger partial charge on any atom is -0.405 e. The first-order valence-electron chi connectivity index (χ1n) is 6.64. The van der Waals surface area contributed by atoms with E-state index < -0.39 is 0 Å². The molecule has 2 aliphatic rings. The fraction of sp³-hybridized carbons (Fsp3) is 1.00. The minimum absolute atomic E-state index is 0.0125. The van der Waals surface area contributed by atoms with E-state index in [1.807, 2.05) is 0 Å². The van der Waals surface area contributed by atoms with Crippen molar-refractivity contribution in [2.75, 3.05) is 0 Å². The van der Waals surface area contributed by atoms with Crippen molar-refractivity contribution >= 4 is 7.12 Å². The summed E-state index contributed by atoms with van der Waals surface area (Å²) in [5, 5.41) is 0. The maximum absolute atomic E-state index is 6.11. The first-order chi connectivity index (χ1) is 7.31. The van der Waals surface area contributed by atoms with Crippen LogP contribution < -0.4 is 0 Å². The van der Waals surface area contributed by atoms with Crippen LogP contribution >= 0.6 is 0 Å². The monoisotopic (exact) mass is 224 g/mol. The van der Waals surface area contributed by atoms with Crippen molar-refractivity contribution in [3.63, 3.8) is 0 Å². The molecule has 0 bridgehead atoms. The molecule has 2 nitrogen and oxygen atoms in total. The summed E-state index contributed by atoms with van der Waals surface area (Å²) in [4.78, 5) is 0. The van der Waals surface area contributed by atoms with Crippen molar-refractivity contribution in [2.45, 2.75) is 66.0 Å². The molecule has 0 aromatic carbocycles. The van der Waals surface area contributed by atoms with Crippen LogP contribution in [0.5, 0.6) is 0 Å². The SMILES string of the molecule is CCB1O[C@H]2C(C)C(C)(C)[C@@H](C)C[C@@]2(C)O1. The third-order valence-corrected chi connectivity index (χ3v) is 5.24. The lowest BCUT2D eigenvalue weighted by Gasteiger charge is -2.51. The van der Waals surface area contributed by atoms with Gasteiger partial charge in [0.1, 0.15) is 0 Å². The summed E-state index contributed by atoms with van der Waals surface area (Å²) in [5.41, 5.74) is 0.283. The average Bonchev–Trinajstić information content (AvgIpc) is 2.53. The summed E-state index contributed by atoms with van der Waals surface area (Å²) in [6, 6.07) is 0. The standard InChI is InChI=1S/C13H25BO2/c1-7-14-15-11-10(3)12(4,5)9(2)8-13(11,6)16-14/h9-11H,7-8H2,1-6H3/t9-,10?,11-,13+/m0/s1. The molecule has 1 unspecified atom stereocenters. The maximum atomic E-state index is 6.11. The van der Waals surface area contributed by atoms with Crippen LogP contribution in [0.3, 0.4) is 0 Å². The highest BCUT2D eigenvalue weighted by atomic mass is 16.7. The highest BCUT2D eigenvalue weighted by Crippen LogP contribution is 2.53. The molecule has 4 atom stereocenters. The Morgan fingerprint density at radius 2 is 1.88 bits per heavy atom. The van der Waals surface area contributed by atoms with E-state index >= 15 is 0 Å². The Labute approximate surface area is 100 Å². The molecule has 3 heteroatoms. The summed E-state index contributed by atoms with van der Waals surface area (Å²) in [6.45, 7) is 13.8. The quantitative estimate of drug-likeness (QED) is 0.635. The predicted octanol–water partition coefficient (Wildman–Crippen LogP) is 3.37. The van der Waals surface area contributed by atoms with Gasteiger partial charge in [0, 0.05) is 0 Å². The normalized spacial score (nSPS) is 46.9. The second kappa shape index (κ2) is 3.74. The molecular weight excluding hydrogens is 199 g/mol. The largest absolute Gasteiger partial charge is 0.457 e. The van der Waals surface area contributed by atoms with E-state index in [1.165, 1.54) is 0 Å². The molecule has 1 heterocycles. The molecule has 1 aliphatic carbocycles. The van der Waals surface area contributed by atoms with Gasteiger partial charge >= 0.3 is 7.12 Å². The lowest BCUT2D eigenvalue weighted by atomic mass is 9.58. The van der Waals surface area contributed by atoms with Gasteiger partial charge in [-0.2, -0.15) is 0 Å². The molecule has 1 saturated heterocycles. The molecule has 0 N–H and O–H groups in total. The lowest BCUT2D eigenvalue weighted by Crippen LogP contribution is -2.54. The Kier molecular flexibility index (Phi) is 2.91. The van der Waals surface area contributed by atoms with Crippen molar-refractivity contribution < 1.29 is 9.31 Å². The molecule has 0 aromatic heterocycles. The molecule has 2 fully saturated rings. The Balaban J connectivity index is 2.26. The molecule has 1 aliphatic heterocycles. The summed E-state index contributed by atoms with van der Waals surface area (Å²) >= 11 is 0. The van der Waals surface area contributed by atoms with Gasteiger partial charge in [-0.05, 0) is 36.9 Å². The molecule has 0 aromatic rings. The molecule has 0 spiro atoms. The Hall–Kier alpha value is -0.0151. The second-order valence-corrected chi connectivity index (χ2v) is 6.54. The first-order valence-corrected chi connectivity index (χ1v) is 6.64. The Bertz CT molecular complexity index is 279. The smallest absolute Gasteiger partial charge is 0.405 e. The van der Waals surface area contributed by atoms with Gasteiger partial charge in [0.15, 0.2) is 0 Å². The topological polar surface area (TPSA) is 18.5 Å².